The number of aryl methyl sites for hydroxylation is 1. The smallest absolute Gasteiger partial charge is 0.350 e. The number of amides is 1. The number of carbonyl (C=O) groups is 3. The molecule has 45 heavy (non-hydrogen) atoms. The molecule has 1 aliphatic heterocycles. The number of rotatable bonds is 11. The SMILES string of the molecule is CCOC(=O)c1sc(N2C(=O)C(=O)/C(=C(/O)c3cccc(OCC)c3)C2c2ccc(OCc3ccccc3)c(OC)c2)nc1C. The monoisotopic (exact) mass is 628 g/mol. The number of anilines is 1. The first kappa shape index (κ1) is 31.3. The predicted molar refractivity (Wildman–Crippen MR) is 169 cm³/mol. The van der Waals surface area contributed by atoms with Gasteiger partial charge in [-0.3, -0.25) is 14.5 Å². The average molecular weight is 629 g/mol. The molecule has 1 N–H and O–H groups in total. The Balaban J connectivity index is 1.63. The van der Waals surface area contributed by atoms with Crippen LogP contribution in [0.15, 0.2) is 78.4 Å². The van der Waals surface area contributed by atoms with Crippen LogP contribution in [0.25, 0.3) is 5.76 Å². The molecule has 4 aromatic rings. The molecule has 10 nitrogen and oxygen atoms in total. The van der Waals surface area contributed by atoms with Crippen molar-refractivity contribution in [2.24, 2.45) is 0 Å². The summed E-state index contributed by atoms with van der Waals surface area (Å²) in [5.74, 6) is -1.49. The summed E-state index contributed by atoms with van der Waals surface area (Å²) in [5, 5.41) is 11.7. The van der Waals surface area contributed by atoms with Crippen molar-refractivity contribution in [2.45, 2.75) is 33.4 Å². The van der Waals surface area contributed by atoms with Crippen molar-refractivity contribution in [3.05, 3.63) is 106 Å². The van der Waals surface area contributed by atoms with E-state index in [1.54, 1.807) is 56.3 Å². The Morgan fingerprint density at radius 2 is 1.73 bits per heavy atom. The molecule has 1 aliphatic rings. The number of thiazole rings is 1. The molecular weight excluding hydrogens is 596 g/mol. The van der Waals surface area contributed by atoms with Crippen molar-refractivity contribution in [3.8, 4) is 17.2 Å². The Labute approximate surface area is 264 Å². The van der Waals surface area contributed by atoms with Gasteiger partial charge in [0.15, 0.2) is 16.6 Å². The van der Waals surface area contributed by atoms with Gasteiger partial charge in [-0.25, -0.2) is 9.78 Å². The van der Waals surface area contributed by atoms with Gasteiger partial charge in [0.2, 0.25) is 0 Å². The van der Waals surface area contributed by atoms with E-state index in [0.29, 0.717) is 47.3 Å². The van der Waals surface area contributed by atoms with E-state index in [0.717, 1.165) is 16.9 Å². The largest absolute Gasteiger partial charge is 0.507 e. The molecule has 0 spiro atoms. The summed E-state index contributed by atoms with van der Waals surface area (Å²) in [6.45, 7) is 6.00. The van der Waals surface area contributed by atoms with Crippen LogP contribution in [-0.4, -0.2) is 48.1 Å². The zero-order chi connectivity index (χ0) is 32.1. The van der Waals surface area contributed by atoms with Gasteiger partial charge >= 0.3 is 11.9 Å². The third-order valence-electron chi connectivity index (χ3n) is 7.06. The van der Waals surface area contributed by atoms with Crippen LogP contribution in [0, 0.1) is 6.92 Å². The summed E-state index contributed by atoms with van der Waals surface area (Å²) in [6.07, 6.45) is 0. The van der Waals surface area contributed by atoms with E-state index in [9.17, 15) is 19.5 Å². The summed E-state index contributed by atoms with van der Waals surface area (Å²) < 4.78 is 22.4. The van der Waals surface area contributed by atoms with E-state index < -0.39 is 23.7 Å². The summed E-state index contributed by atoms with van der Waals surface area (Å²) in [7, 11) is 1.49. The van der Waals surface area contributed by atoms with Gasteiger partial charge in [0.05, 0.1) is 37.6 Å². The second-order valence-electron chi connectivity index (χ2n) is 9.95. The maximum absolute atomic E-state index is 13.7. The number of carbonyl (C=O) groups excluding carboxylic acids is 3. The van der Waals surface area contributed by atoms with E-state index >= 15 is 0 Å². The summed E-state index contributed by atoms with van der Waals surface area (Å²) >= 11 is 0.934. The van der Waals surface area contributed by atoms with Gasteiger partial charge in [0, 0.05) is 5.56 Å². The topological polar surface area (TPSA) is 124 Å². The van der Waals surface area contributed by atoms with Crippen LogP contribution in [0.2, 0.25) is 0 Å². The van der Waals surface area contributed by atoms with Crippen LogP contribution in [-0.2, 0) is 20.9 Å². The van der Waals surface area contributed by atoms with E-state index in [4.69, 9.17) is 18.9 Å². The molecule has 0 bridgehead atoms. The Morgan fingerprint density at radius 3 is 2.44 bits per heavy atom. The number of Topliss-reactive ketones (excluding diaryl/α,β-unsaturated/α-hetero) is 1. The number of methoxy groups -OCH3 is 1. The third kappa shape index (κ3) is 6.39. The van der Waals surface area contributed by atoms with Crippen molar-refractivity contribution in [2.75, 3.05) is 25.2 Å². The molecule has 232 valence electrons. The minimum atomic E-state index is -1.11. The number of esters is 1. The zero-order valence-electron chi connectivity index (χ0n) is 25.2. The number of aliphatic hydroxyl groups is 1. The van der Waals surface area contributed by atoms with Crippen molar-refractivity contribution in [3.63, 3.8) is 0 Å². The van der Waals surface area contributed by atoms with Crippen LogP contribution in [0.5, 0.6) is 17.2 Å². The lowest BCUT2D eigenvalue weighted by Crippen LogP contribution is -2.29. The number of nitrogens with zero attached hydrogens (tertiary/aromatic N) is 2. The highest BCUT2D eigenvalue weighted by molar-refractivity contribution is 7.17. The molecule has 1 atom stereocenters. The Hall–Kier alpha value is -5.16. The first-order valence-corrected chi connectivity index (χ1v) is 15.1. The maximum atomic E-state index is 13.7. The molecule has 0 radical (unpaired) electrons. The third-order valence-corrected chi connectivity index (χ3v) is 8.19. The van der Waals surface area contributed by atoms with E-state index in [1.165, 1.54) is 12.0 Å². The molecule has 1 saturated heterocycles. The Morgan fingerprint density at radius 1 is 0.956 bits per heavy atom. The molecule has 1 unspecified atom stereocenters. The molecule has 5 rings (SSSR count). The summed E-state index contributed by atoms with van der Waals surface area (Å²) in [6, 6.07) is 20.2. The number of hydrogen-bond donors (Lipinski definition) is 1. The highest BCUT2D eigenvalue weighted by atomic mass is 32.1. The second-order valence-corrected chi connectivity index (χ2v) is 10.9. The first-order valence-electron chi connectivity index (χ1n) is 14.3. The molecule has 3 aromatic carbocycles. The lowest BCUT2D eigenvalue weighted by atomic mass is 9.95. The number of ketones is 1. The highest BCUT2D eigenvalue weighted by Gasteiger charge is 2.48. The Bertz CT molecular complexity index is 1770. The molecular formula is C34H32N2O8S. The molecule has 0 saturated carbocycles. The van der Waals surface area contributed by atoms with E-state index in [1.807, 2.05) is 37.3 Å². The summed E-state index contributed by atoms with van der Waals surface area (Å²) in [5.41, 5.74) is 1.90. The molecule has 0 aliphatic carbocycles. The fourth-order valence-electron chi connectivity index (χ4n) is 4.98. The van der Waals surface area contributed by atoms with Gasteiger partial charge in [0.25, 0.3) is 5.78 Å². The molecule has 1 fully saturated rings. The fraction of sp³-hybridized carbons (Fsp3) is 0.235. The minimum absolute atomic E-state index is 0.105. The maximum Gasteiger partial charge on any atom is 0.350 e. The highest BCUT2D eigenvalue weighted by Crippen LogP contribution is 2.45. The summed E-state index contributed by atoms with van der Waals surface area (Å²) in [4.78, 5) is 45.9. The number of benzene rings is 3. The van der Waals surface area contributed by atoms with Gasteiger partial charge in [-0.15, -0.1) is 0 Å². The van der Waals surface area contributed by atoms with Crippen LogP contribution < -0.4 is 19.1 Å². The van der Waals surface area contributed by atoms with E-state index in [2.05, 4.69) is 4.98 Å². The first-order chi connectivity index (χ1) is 21.8. The quantitative estimate of drug-likeness (QED) is 0.0889. The lowest BCUT2D eigenvalue weighted by Gasteiger charge is -2.24. The van der Waals surface area contributed by atoms with Crippen LogP contribution >= 0.6 is 11.3 Å². The Kier molecular flexibility index (Phi) is 9.48. The van der Waals surface area contributed by atoms with Gasteiger partial charge in [-0.2, -0.15) is 0 Å². The number of hydrogen-bond acceptors (Lipinski definition) is 10. The lowest BCUT2D eigenvalue weighted by molar-refractivity contribution is -0.132. The van der Waals surface area contributed by atoms with Crippen molar-refractivity contribution in [1.29, 1.82) is 0 Å². The van der Waals surface area contributed by atoms with Gasteiger partial charge in [-0.1, -0.05) is 59.9 Å². The fourth-order valence-corrected chi connectivity index (χ4v) is 5.97. The van der Waals surface area contributed by atoms with Crippen molar-refractivity contribution < 1.29 is 38.4 Å². The van der Waals surface area contributed by atoms with Gasteiger partial charge in [-0.05, 0) is 56.2 Å². The zero-order valence-corrected chi connectivity index (χ0v) is 26.1. The predicted octanol–water partition coefficient (Wildman–Crippen LogP) is 6.24. The van der Waals surface area contributed by atoms with Gasteiger partial charge < -0.3 is 24.1 Å². The minimum Gasteiger partial charge on any atom is -0.507 e. The molecule has 1 aromatic heterocycles. The standard InChI is InChI=1S/C34H32N2O8S/c1-5-42-24-14-10-13-23(17-24)29(37)27-28(22-15-16-25(26(18-22)41-4)44-19-21-11-8-7-9-12-21)36(32(39)30(27)38)34-35-20(3)31(45-34)33(40)43-6-2/h7-18,28,37H,5-6,19H2,1-4H3/b29-27+. The number of ether oxygens (including phenoxy) is 4. The normalized spacial score (nSPS) is 15.6. The van der Waals surface area contributed by atoms with Crippen LogP contribution in [0.3, 0.4) is 0 Å². The number of aromatic nitrogens is 1. The molecule has 11 heteroatoms. The van der Waals surface area contributed by atoms with Crippen molar-refractivity contribution >= 4 is 39.9 Å². The molecule has 1 amide bonds. The molecule has 2 heterocycles. The number of aliphatic hydroxyl groups excluding tert-OH is 1. The van der Waals surface area contributed by atoms with Crippen LogP contribution in [0.4, 0.5) is 5.13 Å². The van der Waals surface area contributed by atoms with Crippen molar-refractivity contribution in [1.82, 2.24) is 4.98 Å². The van der Waals surface area contributed by atoms with Gasteiger partial charge in [0.1, 0.15) is 23.0 Å². The average Bonchev–Trinajstić information content (AvgIpc) is 3.56. The van der Waals surface area contributed by atoms with Crippen LogP contribution in [0.1, 0.15) is 51.9 Å². The van der Waals surface area contributed by atoms with E-state index in [-0.39, 0.29) is 27.9 Å². The second kappa shape index (κ2) is 13.6.